The van der Waals surface area contributed by atoms with Crippen molar-refractivity contribution in [1.82, 2.24) is 10.2 Å². The molecule has 1 atom stereocenters. The van der Waals surface area contributed by atoms with Crippen molar-refractivity contribution in [2.24, 2.45) is 5.92 Å². The van der Waals surface area contributed by atoms with Gasteiger partial charge >= 0.3 is 0 Å². The number of nitrogens with one attached hydrogen (secondary N) is 1. The lowest BCUT2D eigenvalue weighted by atomic mass is 9.76. The Balaban J connectivity index is 1.87. The van der Waals surface area contributed by atoms with E-state index in [9.17, 15) is 0 Å². The van der Waals surface area contributed by atoms with Gasteiger partial charge in [-0.3, -0.25) is 4.90 Å². The standard InChI is InChI=1S/C18H28N2O2/c1-3-22-17-13-15(7-8-16(17)21-2)18(14-5-4-6-14)20-11-9-19-10-12-20/h7-8,13-14,18-19H,3-6,9-12H2,1-2H3/t18-/m1/s1. The molecule has 4 heteroatoms. The smallest absolute Gasteiger partial charge is 0.161 e. The number of benzene rings is 1. The van der Waals surface area contributed by atoms with Gasteiger partial charge in [0.05, 0.1) is 13.7 Å². The molecule has 1 heterocycles. The third kappa shape index (κ3) is 3.23. The number of nitrogens with zero attached hydrogens (tertiary/aromatic N) is 1. The van der Waals surface area contributed by atoms with Crippen LogP contribution in [0.5, 0.6) is 11.5 Å². The highest BCUT2D eigenvalue weighted by atomic mass is 16.5. The van der Waals surface area contributed by atoms with E-state index in [-0.39, 0.29) is 0 Å². The maximum Gasteiger partial charge on any atom is 0.161 e. The molecule has 3 rings (SSSR count). The molecule has 2 fully saturated rings. The van der Waals surface area contributed by atoms with Gasteiger partial charge in [0, 0.05) is 32.2 Å². The van der Waals surface area contributed by atoms with Crippen molar-refractivity contribution in [3.63, 3.8) is 0 Å². The summed E-state index contributed by atoms with van der Waals surface area (Å²) in [6, 6.07) is 7.02. The Hall–Kier alpha value is -1.26. The zero-order valence-electron chi connectivity index (χ0n) is 13.8. The molecule has 0 unspecified atom stereocenters. The second-order valence-corrected chi connectivity index (χ2v) is 6.27. The topological polar surface area (TPSA) is 33.7 Å². The fourth-order valence-corrected chi connectivity index (χ4v) is 3.64. The van der Waals surface area contributed by atoms with Gasteiger partial charge in [-0.15, -0.1) is 0 Å². The van der Waals surface area contributed by atoms with E-state index in [1.165, 1.54) is 24.8 Å². The van der Waals surface area contributed by atoms with Crippen molar-refractivity contribution in [3.8, 4) is 11.5 Å². The average molecular weight is 304 g/mol. The minimum absolute atomic E-state index is 0.529. The lowest BCUT2D eigenvalue weighted by molar-refractivity contribution is 0.0834. The van der Waals surface area contributed by atoms with Crippen molar-refractivity contribution >= 4 is 0 Å². The maximum atomic E-state index is 5.78. The molecule has 1 saturated carbocycles. The molecule has 1 saturated heterocycles. The zero-order valence-corrected chi connectivity index (χ0v) is 13.8. The van der Waals surface area contributed by atoms with Crippen LogP contribution in [0.2, 0.25) is 0 Å². The highest BCUT2D eigenvalue weighted by molar-refractivity contribution is 5.44. The first-order valence-electron chi connectivity index (χ1n) is 8.59. The molecule has 1 N–H and O–H groups in total. The highest BCUT2D eigenvalue weighted by Crippen LogP contribution is 2.43. The van der Waals surface area contributed by atoms with E-state index in [4.69, 9.17) is 9.47 Å². The van der Waals surface area contributed by atoms with Crippen LogP contribution in [-0.4, -0.2) is 44.8 Å². The van der Waals surface area contributed by atoms with Gasteiger partial charge in [-0.25, -0.2) is 0 Å². The average Bonchev–Trinajstić information content (AvgIpc) is 2.52. The third-order valence-electron chi connectivity index (χ3n) is 4.97. The number of hydrogen-bond donors (Lipinski definition) is 1. The van der Waals surface area contributed by atoms with Crippen LogP contribution in [0, 0.1) is 5.92 Å². The number of piperazine rings is 1. The van der Waals surface area contributed by atoms with E-state index in [2.05, 4.69) is 28.4 Å². The first kappa shape index (κ1) is 15.6. The van der Waals surface area contributed by atoms with Crippen molar-refractivity contribution in [2.75, 3.05) is 39.9 Å². The Morgan fingerprint density at radius 2 is 2.00 bits per heavy atom. The van der Waals surface area contributed by atoms with Gasteiger partial charge in [-0.05, 0) is 43.4 Å². The van der Waals surface area contributed by atoms with Gasteiger partial charge in [0.2, 0.25) is 0 Å². The zero-order chi connectivity index (χ0) is 15.4. The Morgan fingerprint density at radius 1 is 1.23 bits per heavy atom. The summed E-state index contributed by atoms with van der Waals surface area (Å²) in [5, 5.41) is 3.46. The van der Waals surface area contributed by atoms with Crippen molar-refractivity contribution in [2.45, 2.75) is 32.2 Å². The van der Waals surface area contributed by atoms with E-state index < -0.39 is 0 Å². The van der Waals surface area contributed by atoms with Gasteiger partial charge in [-0.1, -0.05) is 12.5 Å². The van der Waals surface area contributed by atoms with Gasteiger partial charge in [0.15, 0.2) is 11.5 Å². The molecule has 22 heavy (non-hydrogen) atoms. The van der Waals surface area contributed by atoms with Gasteiger partial charge in [0.1, 0.15) is 0 Å². The second-order valence-electron chi connectivity index (χ2n) is 6.27. The van der Waals surface area contributed by atoms with E-state index in [1.54, 1.807) is 7.11 Å². The SMILES string of the molecule is CCOc1cc([C@@H](C2CCC2)N2CCNCC2)ccc1OC. The summed E-state index contributed by atoms with van der Waals surface area (Å²) in [7, 11) is 1.71. The monoisotopic (exact) mass is 304 g/mol. The fourth-order valence-electron chi connectivity index (χ4n) is 3.64. The lowest BCUT2D eigenvalue weighted by Crippen LogP contribution is -2.47. The molecule has 2 aliphatic rings. The first-order chi connectivity index (χ1) is 10.8. The van der Waals surface area contributed by atoms with E-state index in [0.29, 0.717) is 12.6 Å². The summed E-state index contributed by atoms with van der Waals surface area (Å²) >= 11 is 0. The third-order valence-corrected chi connectivity index (χ3v) is 4.97. The minimum atomic E-state index is 0.529. The number of rotatable bonds is 6. The molecule has 0 amide bonds. The molecule has 0 aromatic heterocycles. The van der Waals surface area contributed by atoms with E-state index >= 15 is 0 Å². The largest absolute Gasteiger partial charge is 0.493 e. The van der Waals surface area contributed by atoms with Crippen LogP contribution in [0.4, 0.5) is 0 Å². The van der Waals surface area contributed by atoms with E-state index in [1.807, 2.05) is 6.92 Å². The Kier molecular flexibility index (Phi) is 5.21. The Labute approximate surface area is 133 Å². The molecule has 0 spiro atoms. The predicted molar refractivity (Wildman–Crippen MR) is 88.7 cm³/mol. The van der Waals surface area contributed by atoms with Crippen molar-refractivity contribution < 1.29 is 9.47 Å². The first-order valence-corrected chi connectivity index (χ1v) is 8.59. The molecule has 0 bridgehead atoms. The van der Waals surface area contributed by atoms with Crippen LogP contribution < -0.4 is 14.8 Å². The van der Waals surface area contributed by atoms with Crippen LogP contribution >= 0.6 is 0 Å². The lowest BCUT2D eigenvalue weighted by Gasteiger charge is -2.43. The fraction of sp³-hybridized carbons (Fsp3) is 0.667. The Bertz CT molecular complexity index is 482. The van der Waals surface area contributed by atoms with Crippen LogP contribution in [0.3, 0.4) is 0 Å². The van der Waals surface area contributed by atoms with Crippen molar-refractivity contribution in [3.05, 3.63) is 23.8 Å². The summed E-state index contributed by atoms with van der Waals surface area (Å²) in [6.07, 6.45) is 4.08. The van der Waals surface area contributed by atoms with Gasteiger partial charge < -0.3 is 14.8 Å². The molecule has 1 aromatic rings. The molecule has 122 valence electrons. The highest BCUT2D eigenvalue weighted by Gasteiger charge is 2.33. The van der Waals surface area contributed by atoms with Crippen LogP contribution in [0.15, 0.2) is 18.2 Å². The minimum Gasteiger partial charge on any atom is -0.493 e. The molecular weight excluding hydrogens is 276 g/mol. The summed E-state index contributed by atoms with van der Waals surface area (Å²) in [4.78, 5) is 2.65. The van der Waals surface area contributed by atoms with Crippen molar-refractivity contribution in [1.29, 1.82) is 0 Å². The normalized spacial score (nSPS) is 21.2. The summed E-state index contributed by atoms with van der Waals surface area (Å²) < 4.78 is 11.2. The number of methoxy groups -OCH3 is 1. The summed E-state index contributed by atoms with van der Waals surface area (Å²) in [6.45, 7) is 7.15. The molecule has 4 nitrogen and oxygen atoms in total. The quantitative estimate of drug-likeness (QED) is 0.876. The van der Waals surface area contributed by atoms with Gasteiger partial charge in [0.25, 0.3) is 0 Å². The molecule has 0 radical (unpaired) electrons. The summed E-state index contributed by atoms with van der Waals surface area (Å²) in [5.74, 6) is 2.50. The maximum absolute atomic E-state index is 5.78. The van der Waals surface area contributed by atoms with Crippen LogP contribution in [-0.2, 0) is 0 Å². The van der Waals surface area contributed by atoms with Gasteiger partial charge in [-0.2, -0.15) is 0 Å². The number of hydrogen-bond acceptors (Lipinski definition) is 4. The second kappa shape index (κ2) is 7.34. The van der Waals surface area contributed by atoms with Crippen LogP contribution in [0.1, 0.15) is 37.8 Å². The number of ether oxygens (including phenoxy) is 2. The molecule has 1 aliphatic heterocycles. The van der Waals surface area contributed by atoms with E-state index in [0.717, 1.165) is 43.6 Å². The molecule has 1 aromatic carbocycles. The molecular formula is C18H28N2O2. The predicted octanol–water partition coefficient (Wildman–Crippen LogP) is 2.84. The molecule has 1 aliphatic carbocycles. The van der Waals surface area contributed by atoms with Crippen LogP contribution in [0.25, 0.3) is 0 Å². The Morgan fingerprint density at radius 3 is 2.59 bits per heavy atom. The summed E-state index contributed by atoms with van der Waals surface area (Å²) in [5.41, 5.74) is 1.39.